The van der Waals surface area contributed by atoms with Crippen molar-refractivity contribution in [3.63, 3.8) is 0 Å². The molecule has 40 heavy (non-hydrogen) atoms. The molecule has 1 fully saturated rings. The second kappa shape index (κ2) is 12.3. The van der Waals surface area contributed by atoms with Gasteiger partial charge in [-0.15, -0.1) is 0 Å². The third-order valence-electron chi connectivity index (χ3n) is 7.54. The van der Waals surface area contributed by atoms with Gasteiger partial charge in [0.25, 0.3) is 5.56 Å². The van der Waals surface area contributed by atoms with E-state index in [0.717, 1.165) is 24.8 Å². The number of nitrogens with zero attached hydrogens (tertiary/aromatic N) is 5. The first-order valence-electron chi connectivity index (χ1n) is 14.0. The van der Waals surface area contributed by atoms with Gasteiger partial charge in [0.2, 0.25) is 5.95 Å². The van der Waals surface area contributed by atoms with Gasteiger partial charge >= 0.3 is 5.69 Å². The number of ether oxygens (including phenoxy) is 2. The number of pyridine rings is 1. The van der Waals surface area contributed by atoms with Gasteiger partial charge in [0.1, 0.15) is 5.82 Å². The summed E-state index contributed by atoms with van der Waals surface area (Å²) in [5, 5.41) is 0. The maximum Gasteiger partial charge on any atom is 0.332 e. The number of fused-ring (bicyclic) bond motifs is 1. The highest BCUT2D eigenvalue weighted by molar-refractivity contribution is 5.78. The van der Waals surface area contributed by atoms with E-state index in [1.165, 1.54) is 10.6 Å². The van der Waals surface area contributed by atoms with Crippen molar-refractivity contribution in [1.82, 2.24) is 23.7 Å². The van der Waals surface area contributed by atoms with E-state index < -0.39 is 17.2 Å². The molecule has 0 saturated carbocycles. The molecule has 4 aromatic rings. The Labute approximate surface area is 232 Å². The number of imidazole rings is 1. The fraction of sp³-hybridized carbons (Fsp3) is 0.467. The Hall–Kier alpha value is -3.63. The van der Waals surface area contributed by atoms with Crippen LogP contribution < -0.4 is 11.2 Å². The van der Waals surface area contributed by atoms with Crippen molar-refractivity contribution in [2.24, 2.45) is 0 Å². The van der Waals surface area contributed by atoms with E-state index in [9.17, 15) is 14.0 Å². The van der Waals surface area contributed by atoms with Crippen molar-refractivity contribution < 1.29 is 13.9 Å². The predicted molar refractivity (Wildman–Crippen MR) is 151 cm³/mol. The standard InChI is InChI=1S/C30H36FN5O4/c1-4-20(2)36-28-26(29(37)34(30(36)38)16-10-18-40-25-13-8-9-17-39-25)35(19-22-11-6-5-7-12-22)27(33-28)23-14-15-24(31)32-21(23)3/h5-7,11-12,14-15,20,25H,4,8-10,13,16-19H2,1-3H3. The number of aryl methyl sites for hydroxylation is 1. The predicted octanol–water partition coefficient (Wildman–Crippen LogP) is 4.82. The first kappa shape index (κ1) is 27.9. The monoisotopic (exact) mass is 549 g/mol. The molecule has 9 nitrogen and oxygen atoms in total. The van der Waals surface area contributed by atoms with Crippen LogP contribution in [-0.4, -0.2) is 43.2 Å². The number of hydrogen-bond donors (Lipinski definition) is 0. The topological polar surface area (TPSA) is 93.2 Å². The number of benzene rings is 1. The molecule has 0 aliphatic carbocycles. The van der Waals surface area contributed by atoms with Crippen LogP contribution in [0.3, 0.4) is 0 Å². The normalized spacial score (nSPS) is 16.4. The lowest BCUT2D eigenvalue weighted by Crippen LogP contribution is -2.42. The zero-order chi connectivity index (χ0) is 28.2. The summed E-state index contributed by atoms with van der Waals surface area (Å²) in [5.74, 6) is -0.125. The summed E-state index contributed by atoms with van der Waals surface area (Å²) < 4.78 is 30.1. The van der Waals surface area contributed by atoms with Crippen LogP contribution >= 0.6 is 0 Å². The van der Waals surface area contributed by atoms with E-state index in [2.05, 4.69) is 4.98 Å². The lowest BCUT2D eigenvalue weighted by molar-refractivity contribution is -0.163. The largest absolute Gasteiger partial charge is 0.353 e. The first-order valence-corrected chi connectivity index (χ1v) is 14.0. The first-order chi connectivity index (χ1) is 19.4. The van der Waals surface area contributed by atoms with Gasteiger partial charge in [-0.25, -0.2) is 14.8 Å². The third-order valence-corrected chi connectivity index (χ3v) is 7.54. The van der Waals surface area contributed by atoms with E-state index in [0.29, 0.717) is 60.8 Å². The summed E-state index contributed by atoms with van der Waals surface area (Å²) in [6, 6.07) is 12.4. The minimum absolute atomic E-state index is 0.200. The molecule has 212 valence electrons. The number of hydrogen-bond acceptors (Lipinski definition) is 6. The maximum atomic E-state index is 14.1. The van der Waals surface area contributed by atoms with Crippen LogP contribution in [0.1, 0.15) is 63.3 Å². The van der Waals surface area contributed by atoms with E-state index >= 15 is 0 Å². The highest BCUT2D eigenvalue weighted by Gasteiger charge is 2.25. The summed E-state index contributed by atoms with van der Waals surface area (Å²) >= 11 is 0. The maximum absolute atomic E-state index is 14.1. The Morgan fingerprint density at radius 1 is 1.10 bits per heavy atom. The second-order valence-electron chi connectivity index (χ2n) is 10.3. The summed E-state index contributed by atoms with van der Waals surface area (Å²) in [7, 11) is 0. The SMILES string of the molecule is CCC(C)n1c(=O)n(CCCOC2CCCCO2)c(=O)c2c1nc(-c1ccc(F)nc1C)n2Cc1ccccc1. The van der Waals surface area contributed by atoms with Gasteiger partial charge < -0.3 is 14.0 Å². The summed E-state index contributed by atoms with van der Waals surface area (Å²) in [4.78, 5) is 36.7. The van der Waals surface area contributed by atoms with Crippen LogP contribution in [0.15, 0.2) is 52.1 Å². The summed E-state index contributed by atoms with van der Waals surface area (Å²) in [6.07, 6.45) is 3.89. The minimum atomic E-state index is -0.591. The quantitative estimate of drug-likeness (QED) is 0.208. The summed E-state index contributed by atoms with van der Waals surface area (Å²) in [5.41, 5.74) is 1.86. The molecule has 2 atom stereocenters. The van der Waals surface area contributed by atoms with E-state index in [-0.39, 0.29) is 18.9 Å². The van der Waals surface area contributed by atoms with E-state index in [1.54, 1.807) is 17.6 Å². The molecular formula is C30H36FN5O4. The minimum Gasteiger partial charge on any atom is -0.353 e. The Bertz CT molecular complexity index is 1590. The van der Waals surface area contributed by atoms with Crippen LogP contribution in [0.25, 0.3) is 22.6 Å². The number of aromatic nitrogens is 5. The van der Waals surface area contributed by atoms with Gasteiger partial charge in [-0.3, -0.25) is 13.9 Å². The van der Waals surface area contributed by atoms with Gasteiger partial charge in [0.05, 0.1) is 12.3 Å². The Kier molecular flexibility index (Phi) is 8.56. The fourth-order valence-electron chi connectivity index (χ4n) is 5.20. The van der Waals surface area contributed by atoms with Gasteiger partial charge in [-0.05, 0) is 63.6 Å². The average molecular weight is 550 g/mol. The van der Waals surface area contributed by atoms with Crippen molar-refractivity contribution in [1.29, 1.82) is 0 Å². The molecule has 1 aromatic carbocycles. The van der Waals surface area contributed by atoms with Gasteiger partial charge in [-0.2, -0.15) is 4.39 Å². The molecule has 1 aliphatic rings. The molecule has 10 heteroatoms. The average Bonchev–Trinajstić information content (AvgIpc) is 3.31. The van der Waals surface area contributed by atoms with Crippen molar-refractivity contribution >= 4 is 11.2 Å². The highest BCUT2D eigenvalue weighted by atomic mass is 19.1. The van der Waals surface area contributed by atoms with Gasteiger partial charge in [0.15, 0.2) is 17.5 Å². The third kappa shape index (κ3) is 5.64. The van der Waals surface area contributed by atoms with Gasteiger partial charge in [0, 0.05) is 31.3 Å². The zero-order valence-electron chi connectivity index (χ0n) is 23.3. The molecular weight excluding hydrogens is 513 g/mol. The number of rotatable bonds is 10. The van der Waals surface area contributed by atoms with Gasteiger partial charge in [-0.1, -0.05) is 37.3 Å². The zero-order valence-corrected chi connectivity index (χ0v) is 23.3. The molecule has 4 heterocycles. The second-order valence-corrected chi connectivity index (χ2v) is 10.3. The molecule has 5 rings (SSSR count). The lowest BCUT2D eigenvalue weighted by atomic mass is 10.1. The molecule has 0 amide bonds. The smallest absolute Gasteiger partial charge is 0.332 e. The Morgan fingerprint density at radius 2 is 1.90 bits per heavy atom. The fourth-order valence-corrected chi connectivity index (χ4v) is 5.20. The molecule has 0 N–H and O–H groups in total. The molecule has 1 saturated heterocycles. The Balaban J connectivity index is 1.64. The molecule has 1 aliphatic heterocycles. The van der Waals surface area contributed by atoms with Crippen molar-refractivity contribution in [3.05, 3.63) is 80.5 Å². The van der Waals surface area contributed by atoms with Crippen LogP contribution in [0, 0.1) is 12.9 Å². The lowest BCUT2D eigenvalue weighted by Gasteiger charge is -2.22. The summed E-state index contributed by atoms with van der Waals surface area (Å²) in [6.45, 7) is 7.27. The van der Waals surface area contributed by atoms with Crippen LogP contribution in [0.2, 0.25) is 0 Å². The van der Waals surface area contributed by atoms with E-state index in [4.69, 9.17) is 14.5 Å². The van der Waals surface area contributed by atoms with Crippen molar-refractivity contribution in [2.75, 3.05) is 13.2 Å². The van der Waals surface area contributed by atoms with Crippen molar-refractivity contribution in [3.8, 4) is 11.4 Å². The highest BCUT2D eigenvalue weighted by Crippen LogP contribution is 2.27. The molecule has 0 radical (unpaired) electrons. The van der Waals surface area contributed by atoms with E-state index in [1.807, 2.05) is 48.7 Å². The number of halogens is 1. The van der Waals surface area contributed by atoms with Crippen molar-refractivity contribution in [2.45, 2.75) is 78.3 Å². The molecule has 0 spiro atoms. The Morgan fingerprint density at radius 3 is 2.60 bits per heavy atom. The molecule has 2 unspecified atom stereocenters. The van der Waals surface area contributed by atoms with Crippen LogP contribution in [0.5, 0.6) is 0 Å². The van der Waals surface area contributed by atoms with Crippen LogP contribution in [-0.2, 0) is 22.6 Å². The van der Waals surface area contributed by atoms with Crippen LogP contribution in [0.4, 0.5) is 4.39 Å². The molecule has 0 bridgehead atoms. The molecule has 3 aromatic heterocycles.